The summed E-state index contributed by atoms with van der Waals surface area (Å²) >= 11 is 8.46. The molecule has 0 aromatic rings. The van der Waals surface area contributed by atoms with Crippen LogP contribution in [0.25, 0.3) is 0 Å². The Bertz CT molecular complexity index is 10.0. The second-order valence-electron chi connectivity index (χ2n) is 0.378. The summed E-state index contributed by atoms with van der Waals surface area (Å²) in [6, 6.07) is 0. The van der Waals surface area contributed by atoms with E-state index in [4.69, 9.17) is 11.6 Å². The smallest absolute Gasteiger partial charge is 0.114 e. The van der Waals surface area contributed by atoms with Gasteiger partial charge in [-0.05, 0) is 0 Å². The van der Waals surface area contributed by atoms with Crippen molar-refractivity contribution in [1.82, 2.24) is 0 Å². The van der Waals surface area contributed by atoms with Crippen LogP contribution in [0.3, 0.4) is 0 Å². The standard InChI is InChI=1S/CH4BrClSi/c2-4-1-3/h1,4H2. The fraction of sp³-hybridized carbons (Fsp3) is 1.00. The zero-order chi connectivity index (χ0) is 3.41. The first-order valence-corrected chi connectivity index (χ1v) is 6.47. The summed E-state index contributed by atoms with van der Waals surface area (Å²) < 4.78 is 0. The van der Waals surface area contributed by atoms with Crippen molar-refractivity contribution in [3.63, 3.8) is 0 Å². The van der Waals surface area contributed by atoms with E-state index >= 15 is 0 Å². The van der Waals surface area contributed by atoms with Crippen molar-refractivity contribution >= 4 is 35.0 Å². The molecular formula is CH4BrClSi. The molecule has 0 unspecified atom stereocenters. The Hall–Kier alpha value is 0.987. The molecule has 0 radical (unpaired) electrons. The molecule has 3 heteroatoms. The highest BCUT2D eigenvalue weighted by molar-refractivity contribution is 9.23. The van der Waals surface area contributed by atoms with E-state index in [1.54, 1.807) is 0 Å². The van der Waals surface area contributed by atoms with E-state index in [0.29, 0.717) is 0 Å². The van der Waals surface area contributed by atoms with Crippen molar-refractivity contribution in [2.45, 2.75) is 0 Å². The van der Waals surface area contributed by atoms with Gasteiger partial charge in [-0.25, -0.2) is 0 Å². The molecule has 0 nitrogen and oxygen atoms in total. The van der Waals surface area contributed by atoms with Crippen molar-refractivity contribution in [3.05, 3.63) is 0 Å². The third-order valence-electron chi connectivity index (χ3n) is 0.0714. The third kappa shape index (κ3) is 2.99. The van der Waals surface area contributed by atoms with Crippen LogP contribution in [0, 0.1) is 0 Å². The van der Waals surface area contributed by atoms with Crippen LogP contribution < -0.4 is 0 Å². The first-order chi connectivity index (χ1) is 1.91. The van der Waals surface area contributed by atoms with E-state index < -0.39 is 0 Å². The van der Waals surface area contributed by atoms with Crippen LogP contribution in [0.15, 0.2) is 0 Å². The second kappa shape index (κ2) is 3.99. The van der Waals surface area contributed by atoms with Gasteiger partial charge in [0, 0.05) is 5.50 Å². The zero-order valence-electron chi connectivity index (χ0n) is 2.17. The SMILES string of the molecule is ClC[SiH2]Br. The molecule has 0 aliphatic heterocycles. The maximum Gasteiger partial charge on any atom is 0.114 e. The Labute approximate surface area is 40.9 Å². The quantitative estimate of drug-likeness (QED) is 0.300. The summed E-state index contributed by atoms with van der Waals surface area (Å²) in [5.41, 5.74) is 0.847. The van der Waals surface area contributed by atoms with E-state index in [2.05, 4.69) is 15.3 Å². The summed E-state index contributed by atoms with van der Waals surface area (Å²) in [4.78, 5) is 0. The van der Waals surface area contributed by atoms with E-state index in [0.717, 1.165) is 5.50 Å². The predicted molar refractivity (Wildman–Crippen MR) is 28.2 cm³/mol. The fourth-order valence-electron chi connectivity index (χ4n) is 0. The summed E-state index contributed by atoms with van der Waals surface area (Å²) in [6.07, 6.45) is 0. The minimum Gasteiger partial charge on any atom is -0.134 e. The maximum absolute atomic E-state index is 5.20. The largest absolute Gasteiger partial charge is 0.134 e. The second-order valence-corrected chi connectivity index (χ2v) is 4.65. The number of hydrogen-bond donors (Lipinski definition) is 0. The summed E-state index contributed by atoms with van der Waals surface area (Å²) in [5, 5.41) is 0. The molecular weight excluding hydrogens is 155 g/mol. The van der Waals surface area contributed by atoms with Gasteiger partial charge in [0.05, 0.1) is 0 Å². The summed E-state index contributed by atoms with van der Waals surface area (Å²) in [7, 11) is 0.00231. The Morgan fingerprint density at radius 3 is 2.25 bits per heavy atom. The van der Waals surface area contributed by atoms with Crippen LogP contribution in [-0.4, -0.2) is 13.6 Å². The number of alkyl halides is 1. The molecule has 0 saturated carbocycles. The van der Waals surface area contributed by atoms with Crippen LogP contribution in [0.5, 0.6) is 0 Å². The lowest BCUT2D eigenvalue weighted by Crippen LogP contribution is -1.70. The van der Waals surface area contributed by atoms with Gasteiger partial charge >= 0.3 is 0 Å². The Morgan fingerprint density at radius 1 is 2.00 bits per heavy atom. The van der Waals surface area contributed by atoms with Gasteiger partial charge in [-0.15, -0.1) is 26.9 Å². The van der Waals surface area contributed by atoms with Crippen LogP contribution in [0.2, 0.25) is 0 Å². The van der Waals surface area contributed by atoms with Crippen molar-refractivity contribution in [2.75, 3.05) is 5.50 Å². The van der Waals surface area contributed by atoms with Gasteiger partial charge in [-0.2, -0.15) is 0 Å². The summed E-state index contributed by atoms with van der Waals surface area (Å²) in [6.45, 7) is 0. The first-order valence-electron chi connectivity index (χ1n) is 1.03. The average Bonchev–Trinajstić information content (AvgIpc) is 1.37. The highest BCUT2D eigenvalue weighted by Gasteiger charge is 1.64. The Morgan fingerprint density at radius 2 is 2.25 bits per heavy atom. The Kier molecular flexibility index (Phi) is 4.97. The molecule has 0 saturated heterocycles. The molecule has 0 aliphatic carbocycles. The lowest BCUT2D eigenvalue weighted by atomic mass is 11.9. The first kappa shape index (κ1) is 4.99. The molecule has 0 aliphatic rings. The van der Waals surface area contributed by atoms with E-state index in [1.807, 2.05) is 0 Å². The molecule has 0 aromatic carbocycles. The average molecular weight is 159 g/mol. The van der Waals surface area contributed by atoms with Crippen LogP contribution in [0.1, 0.15) is 0 Å². The van der Waals surface area contributed by atoms with Crippen LogP contribution in [0.4, 0.5) is 0 Å². The maximum atomic E-state index is 5.20. The van der Waals surface area contributed by atoms with Gasteiger partial charge in [-0.1, -0.05) is 0 Å². The summed E-state index contributed by atoms with van der Waals surface area (Å²) in [5.74, 6) is 0. The highest BCUT2D eigenvalue weighted by atomic mass is 79.9. The zero-order valence-corrected chi connectivity index (χ0v) is 5.93. The van der Waals surface area contributed by atoms with E-state index in [-0.39, 0.29) is 8.14 Å². The molecule has 4 heavy (non-hydrogen) atoms. The molecule has 0 spiro atoms. The van der Waals surface area contributed by atoms with Gasteiger partial charge in [0.2, 0.25) is 0 Å². The van der Waals surface area contributed by atoms with Gasteiger partial charge in [0.1, 0.15) is 8.14 Å². The third-order valence-corrected chi connectivity index (χ3v) is 3.34. The van der Waals surface area contributed by atoms with Crippen molar-refractivity contribution in [3.8, 4) is 0 Å². The van der Waals surface area contributed by atoms with Gasteiger partial charge in [0.25, 0.3) is 0 Å². The van der Waals surface area contributed by atoms with Gasteiger partial charge in [0.15, 0.2) is 0 Å². The molecule has 0 atom stereocenters. The van der Waals surface area contributed by atoms with Crippen LogP contribution >= 0.6 is 26.9 Å². The minimum atomic E-state index is 0.00231. The number of hydrogen-bond acceptors (Lipinski definition) is 0. The molecule has 0 aromatic heterocycles. The molecule has 0 bridgehead atoms. The molecule has 0 heterocycles. The van der Waals surface area contributed by atoms with Crippen LogP contribution in [-0.2, 0) is 0 Å². The normalized spacial score (nSPS) is 10.5. The topological polar surface area (TPSA) is 0 Å². The lowest BCUT2D eigenvalue weighted by molar-refractivity contribution is 2.19. The molecule has 26 valence electrons. The molecule has 0 amide bonds. The number of rotatable bonds is 1. The van der Waals surface area contributed by atoms with Crippen molar-refractivity contribution in [1.29, 1.82) is 0 Å². The van der Waals surface area contributed by atoms with E-state index in [1.165, 1.54) is 0 Å². The fourth-order valence-corrected chi connectivity index (χ4v) is 0. The minimum absolute atomic E-state index is 0.00231. The van der Waals surface area contributed by atoms with Gasteiger partial charge < -0.3 is 0 Å². The molecule has 0 rings (SSSR count). The lowest BCUT2D eigenvalue weighted by Gasteiger charge is -1.61. The monoisotopic (exact) mass is 158 g/mol. The van der Waals surface area contributed by atoms with Crippen molar-refractivity contribution in [2.24, 2.45) is 0 Å². The van der Waals surface area contributed by atoms with Crippen molar-refractivity contribution < 1.29 is 0 Å². The van der Waals surface area contributed by atoms with Gasteiger partial charge in [-0.3, -0.25) is 0 Å². The predicted octanol–water partition coefficient (Wildman–Crippen LogP) is 0.661. The number of halogens is 2. The molecule has 0 N–H and O–H groups in total. The molecule has 0 fully saturated rings. The highest BCUT2D eigenvalue weighted by Crippen LogP contribution is 1.74. The Balaban J connectivity index is 1.97. The van der Waals surface area contributed by atoms with E-state index in [9.17, 15) is 0 Å².